The highest BCUT2D eigenvalue weighted by atomic mass is 79.9. The van der Waals surface area contributed by atoms with E-state index in [1.807, 2.05) is 0 Å². The highest BCUT2D eigenvalue weighted by Gasteiger charge is 2.36. The van der Waals surface area contributed by atoms with Crippen molar-refractivity contribution < 1.29 is 13.5 Å². The molecule has 1 aliphatic carbocycles. The summed E-state index contributed by atoms with van der Waals surface area (Å²) in [5.74, 6) is 0. The Morgan fingerprint density at radius 3 is 2.45 bits per heavy atom. The highest BCUT2D eigenvalue weighted by Crippen LogP contribution is 2.30. The number of methoxy groups -OCH3 is 1. The Morgan fingerprint density at radius 2 is 2.00 bits per heavy atom. The Morgan fingerprint density at radius 1 is 1.36 bits per heavy atom. The maximum absolute atomic E-state index is 13.0. The van der Waals surface area contributed by atoms with Gasteiger partial charge in [-0.05, 0) is 6.42 Å². The number of ether oxygens (including phenoxy) is 1. The molecule has 66 valence electrons. The second-order valence-corrected chi connectivity index (χ2v) is 3.98. The lowest BCUT2D eigenvalue weighted by Gasteiger charge is -2.31. The summed E-state index contributed by atoms with van der Waals surface area (Å²) in [7, 11) is 1.45. The molecule has 0 amide bonds. The third-order valence-corrected chi connectivity index (χ3v) is 2.84. The molecule has 0 aliphatic heterocycles. The van der Waals surface area contributed by atoms with Gasteiger partial charge in [-0.15, -0.1) is 0 Å². The van der Waals surface area contributed by atoms with Crippen molar-refractivity contribution in [1.29, 1.82) is 0 Å². The van der Waals surface area contributed by atoms with Crippen molar-refractivity contribution in [2.75, 3.05) is 7.11 Å². The lowest BCUT2D eigenvalue weighted by Crippen LogP contribution is -2.41. The molecule has 0 radical (unpaired) electrons. The van der Waals surface area contributed by atoms with Crippen LogP contribution in [0.5, 0.6) is 0 Å². The Bertz CT molecular complexity index is 122. The first-order chi connectivity index (χ1) is 5.15. The average molecular weight is 229 g/mol. The highest BCUT2D eigenvalue weighted by molar-refractivity contribution is 9.09. The molecule has 4 unspecified atom stereocenters. The number of rotatable bonds is 1. The number of hydrogen-bond donors (Lipinski definition) is 0. The topological polar surface area (TPSA) is 9.23 Å². The van der Waals surface area contributed by atoms with Gasteiger partial charge in [0.25, 0.3) is 0 Å². The van der Waals surface area contributed by atoms with E-state index < -0.39 is 18.4 Å². The van der Waals surface area contributed by atoms with Crippen molar-refractivity contribution in [3.8, 4) is 0 Å². The zero-order valence-electron chi connectivity index (χ0n) is 6.27. The maximum Gasteiger partial charge on any atom is 0.130 e. The first-order valence-electron chi connectivity index (χ1n) is 3.60. The minimum Gasteiger partial charge on any atom is -0.377 e. The molecule has 0 aromatic carbocycles. The fraction of sp³-hybridized carbons (Fsp3) is 1.00. The SMILES string of the molecule is COC1C(F)CC(F)CC1Br. The van der Waals surface area contributed by atoms with Crippen molar-refractivity contribution >= 4 is 15.9 Å². The summed E-state index contributed by atoms with van der Waals surface area (Å²) in [5.41, 5.74) is 0. The minimum atomic E-state index is -1.17. The molecule has 0 heterocycles. The van der Waals surface area contributed by atoms with Crippen LogP contribution in [0, 0.1) is 0 Å². The van der Waals surface area contributed by atoms with E-state index in [9.17, 15) is 8.78 Å². The first-order valence-corrected chi connectivity index (χ1v) is 4.51. The lowest BCUT2D eigenvalue weighted by atomic mass is 9.94. The van der Waals surface area contributed by atoms with Gasteiger partial charge in [-0.3, -0.25) is 0 Å². The first kappa shape index (κ1) is 9.39. The standard InChI is InChI=1S/C7H11BrF2O/c1-11-7-5(8)2-4(9)3-6(7)10/h4-7H,2-3H2,1H3. The van der Waals surface area contributed by atoms with Crippen LogP contribution in [0.3, 0.4) is 0 Å². The lowest BCUT2D eigenvalue weighted by molar-refractivity contribution is -0.00855. The van der Waals surface area contributed by atoms with Gasteiger partial charge in [-0.1, -0.05) is 15.9 Å². The average Bonchev–Trinajstić information content (AvgIpc) is 1.85. The van der Waals surface area contributed by atoms with Gasteiger partial charge in [-0.2, -0.15) is 0 Å². The molecule has 1 rings (SSSR count). The molecular formula is C7H11BrF2O. The molecular weight excluding hydrogens is 218 g/mol. The van der Waals surface area contributed by atoms with E-state index >= 15 is 0 Å². The fourth-order valence-corrected chi connectivity index (χ4v) is 2.33. The third-order valence-electron chi connectivity index (χ3n) is 1.95. The van der Waals surface area contributed by atoms with Crippen LogP contribution in [-0.2, 0) is 4.74 Å². The minimum absolute atomic E-state index is 0.0272. The Labute approximate surface area is 73.2 Å². The quantitative estimate of drug-likeness (QED) is 0.626. The molecule has 0 aromatic heterocycles. The van der Waals surface area contributed by atoms with E-state index in [0.717, 1.165) is 0 Å². The zero-order chi connectivity index (χ0) is 8.43. The van der Waals surface area contributed by atoms with Crippen molar-refractivity contribution in [1.82, 2.24) is 0 Å². The Balaban J connectivity index is 2.52. The maximum atomic E-state index is 13.0. The second kappa shape index (κ2) is 3.81. The van der Waals surface area contributed by atoms with E-state index in [1.165, 1.54) is 7.11 Å². The molecule has 1 nitrogen and oxygen atoms in total. The van der Waals surface area contributed by atoms with Gasteiger partial charge in [0.15, 0.2) is 0 Å². The largest absolute Gasteiger partial charge is 0.377 e. The van der Waals surface area contributed by atoms with Gasteiger partial charge >= 0.3 is 0 Å². The summed E-state index contributed by atoms with van der Waals surface area (Å²) in [6.07, 6.45) is -2.37. The van der Waals surface area contributed by atoms with Crippen LogP contribution in [0.4, 0.5) is 8.78 Å². The van der Waals surface area contributed by atoms with Crippen LogP contribution >= 0.6 is 15.9 Å². The van der Waals surface area contributed by atoms with Gasteiger partial charge in [0, 0.05) is 18.4 Å². The molecule has 1 fully saturated rings. The molecule has 4 heteroatoms. The Hall–Kier alpha value is 0.300. The fourth-order valence-electron chi connectivity index (χ4n) is 1.38. The molecule has 0 aromatic rings. The van der Waals surface area contributed by atoms with Crippen molar-refractivity contribution in [2.24, 2.45) is 0 Å². The van der Waals surface area contributed by atoms with Gasteiger partial charge in [0.05, 0.1) is 0 Å². The molecule has 0 spiro atoms. The molecule has 4 atom stereocenters. The normalized spacial score (nSPS) is 45.8. The smallest absolute Gasteiger partial charge is 0.130 e. The van der Waals surface area contributed by atoms with E-state index in [-0.39, 0.29) is 11.2 Å². The summed E-state index contributed by atoms with van der Waals surface area (Å²) in [4.78, 5) is -0.189. The second-order valence-electron chi connectivity index (χ2n) is 2.80. The summed E-state index contributed by atoms with van der Waals surface area (Å²) >= 11 is 3.19. The number of alkyl halides is 3. The molecule has 1 saturated carbocycles. The molecule has 0 bridgehead atoms. The van der Waals surface area contributed by atoms with Gasteiger partial charge in [-0.25, -0.2) is 8.78 Å². The summed E-state index contributed by atoms with van der Waals surface area (Å²) in [5, 5.41) is 0. The van der Waals surface area contributed by atoms with E-state index in [0.29, 0.717) is 6.42 Å². The summed E-state index contributed by atoms with van der Waals surface area (Å²) in [6.45, 7) is 0. The molecule has 11 heavy (non-hydrogen) atoms. The number of hydrogen-bond acceptors (Lipinski definition) is 1. The van der Waals surface area contributed by atoms with Crippen molar-refractivity contribution in [3.63, 3.8) is 0 Å². The van der Waals surface area contributed by atoms with E-state index in [4.69, 9.17) is 4.74 Å². The van der Waals surface area contributed by atoms with Crippen LogP contribution in [-0.4, -0.2) is 30.4 Å². The monoisotopic (exact) mass is 228 g/mol. The van der Waals surface area contributed by atoms with E-state index in [2.05, 4.69) is 15.9 Å². The predicted molar refractivity (Wildman–Crippen MR) is 42.5 cm³/mol. The zero-order valence-corrected chi connectivity index (χ0v) is 7.85. The summed E-state index contributed by atoms with van der Waals surface area (Å²) in [6, 6.07) is 0. The van der Waals surface area contributed by atoms with Crippen LogP contribution in [0.25, 0.3) is 0 Å². The van der Waals surface area contributed by atoms with Gasteiger partial charge in [0.1, 0.15) is 18.4 Å². The van der Waals surface area contributed by atoms with E-state index in [1.54, 1.807) is 0 Å². The van der Waals surface area contributed by atoms with Crippen molar-refractivity contribution in [3.05, 3.63) is 0 Å². The van der Waals surface area contributed by atoms with Gasteiger partial charge in [0.2, 0.25) is 0 Å². The van der Waals surface area contributed by atoms with Crippen LogP contribution in [0.1, 0.15) is 12.8 Å². The third kappa shape index (κ3) is 2.12. The Kier molecular flexibility index (Phi) is 3.25. The van der Waals surface area contributed by atoms with Gasteiger partial charge < -0.3 is 4.74 Å². The van der Waals surface area contributed by atoms with Crippen LogP contribution in [0.15, 0.2) is 0 Å². The molecule has 0 N–H and O–H groups in total. The van der Waals surface area contributed by atoms with Crippen LogP contribution in [0.2, 0.25) is 0 Å². The number of halogens is 3. The summed E-state index contributed by atoms with van der Waals surface area (Å²) < 4.78 is 30.5. The molecule has 0 saturated heterocycles. The van der Waals surface area contributed by atoms with Crippen LogP contribution < -0.4 is 0 Å². The van der Waals surface area contributed by atoms with Crippen molar-refractivity contribution in [2.45, 2.75) is 36.1 Å². The molecule has 1 aliphatic rings. The predicted octanol–water partition coefficient (Wildman–Crippen LogP) is 2.23.